The quantitative estimate of drug-likeness (QED) is 0.106. The Balaban J connectivity index is 1.26. The van der Waals surface area contributed by atoms with Gasteiger partial charge in [0.25, 0.3) is 0 Å². The molecule has 0 atom stereocenters. The molecule has 4 rings (SSSR count). The highest BCUT2D eigenvalue weighted by Gasteiger charge is 2.12. The smallest absolute Gasteiger partial charge is 0.343 e. The number of hydrogen-bond donors (Lipinski definition) is 2. The minimum absolute atomic E-state index is 0.121. The summed E-state index contributed by atoms with van der Waals surface area (Å²) in [5.41, 5.74) is 15.7. The van der Waals surface area contributed by atoms with Gasteiger partial charge in [-0.05, 0) is 53.6 Å². The van der Waals surface area contributed by atoms with Gasteiger partial charge in [-0.1, -0.05) is 60.7 Å². The summed E-state index contributed by atoms with van der Waals surface area (Å²) in [7, 11) is 0. The molecule has 0 aromatic heterocycles. The van der Waals surface area contributed by atoms with E-state index < -0.39 is 11.9 Å². The maximum Gasteiger partial charge on any atom is 0.343 e. The van der Waals surface area contributed by atoms with Gasteiger partial charge in [0, 0.05) is 35.0 Å². The number of ketones is 1. The molecule has 7 nitrogen and oxygen atoms in total. The standard InChI is InChI=1S/C31H26N2O5/c32-26-14-13-22(28(33)20-26)18-19-37-29(34)17-8-21-6-15-27(16-7-21)38-31(36)25-11-9-24(10-12-25)30(35)23-4-2-1-3-5-23/h1-17,20H,18-19,32-33H2/b17-8+. The van der Waals surface area contributed by atoms with E-state index in [1.165, 1.54) is 6.08 Å². The number of nitrogens with two attached hydrogens (primary N) is 2. The van der Waals surface area contributed by atoms with Crippen molar-refractivity contribution in [3.63, 3.8) is 0 Å². The van der Waals surface area contributed by atoms with Gasteiger partial charge < -0.3 is 20.9 Å². The monoisotopic (exact) mass is 506 g/mol. The molecule has 0 aliphatic heterocycles. The van der Waals surface area contributed by atoms with Crippen LogP contribution < -0.4 is 16.2 Å². The minimum atomic E-state index is -0.544. The van der Waals surface area contributed by atoms with Crippen LogP contribution in [0.1, 0.15) is 37.4 Å². The SMILES string of the molecule is Nc1ccc(CCOC(=O)/C=C/c2ccc(OC(=O)c3ccc(C(=O)c4ccccc4)cc3)cc2)c(N)c1. The second-order valence-corrected chi connectivity index (χ2v) is 8.44. The lowest BCUT2D eigenvalue weighted by molar-refractivity contribution is -0.137. The van der Waals surface area contributed by atoms with Crippen LogP contribution >= 0.6 is 0 Å². The molecule has 0 radical (unpaired) electrons. The number of hydrogen-bond acceptors (Lipinski definition) is 7. The zero-order valence-corrected chi connectivity index (χ0v) is 20.5. The maximum absolute atomic E-state index is 12.5. The predicted octanol–water partition coefficient (Wildman–Crippen LogP) is 5.10. The Morgan fingerprint density at radius 2 is 1.39 bits per heavy atom. The summed E-state index contributed by atoms with van der Waals surface area (Å²) in [6.07, 6.45) is 3.41. The molecule has 4 aromatic rings. The molecule has 0 saturated heterocycles. The average Bonchev–Trinajstić information content (AvgIpc) is 2.94. The predicted molar refractivity (Wildman–Crippen MR) is 147 cm³/mol. The molecule has 0 spiro atoms. The van der Waals surface area contributed by atoms with Crippen molar-refractivity contribution in [3.05, 3.63) is 131 Å². The van der Waals surface area contributed by atoms with Gasteiger partial charge in [0.2, 0.25) is 0 Å². The van der Waals surface area contributed by atoms with Crippen LogP contribution in [-0.2, 0) is 16.0 Å². The summed E-state index contributed by atoms with van der Waals surface area (Å²) in [5, 5.41) is 0. The van der Waals surface area contributed by atoms with Gasteiger partial charge in [0.1, 0.15) is 5.75 Å². The molecule has 4 N–H and O–H groups in total. The molecule has 0 aliphatic carbocycles. The third kappa shape index (κ3) is 6.95. The fourth-order valence-electron chi connectivity index (χ4n) is 3.64. The summed E-state index contributed by atoms with van der Waals surface area (Å²) in [5.74, 6) is -0.800. The first-order valence-corrected chi connectivity index (χ1v) is 11.9. The van der Waals surface area contributed by atoms with Crippen LogP contribution in [-0.4, -0.2) is 24.3 Å². The molecule has 4 aromatic carbocycles. The Morgan fingerprint density at radius 3 is 2.08 bits per heavy atom. The molecule has 0 unspecified atom stereocenters. The zero-order chi connectivity index (χ0) is 26.9. The van der Waals surface area contributed by atoms with E-state index in [1.807, 2.05) is 12.1 Å². The number of anilines is 2. The lowest BCUT2D eigenvalue weighted by Crippen LogP contribution is -2.09. The van der Waals surface area contributed by atoms with Gasteiger partial charge >= 0.3 is 11.9 Å². The number of rotatable bonds is 9. The lowest BCUT2D eigenvalue weighted by atomic mass is 10.0. The van der Waals surface area contributed by atoms with Crippen LogP contribution in [0.3, 0.4) is 0 Å². The highest BCUT2D eigenvalue weighted by Crippen LogP contribution is 2.18. The van der Waals surface area contributed by atoms with Gasteiger partial charge in [0.05, 0.1) is 12.2 Å². The van der Waals surface area contributed by atoms with Crippen LogP contribution in [0.2, 0.25) is 0 Å². The maximum atomic E-state index is 12.5. The molecule has 0 bridgehead atoms. The van der Waals surface area contributed by atoms with Gasteiger partial charge in [0.15, 0.2) is 5.78 Å². The third-order valence-electron chi connectivity index (χ3n) is 5.71. The van der Waals surface area contributed by atoms with E-state index >= 15 is 0 Å². The van der Waals surface area contributed by atoms with E-state index in [2.05, 4.69) is 0 Å². The molecule has 190 valence electrons. The number of nitrogen functional groups attached to an aromatic ring is 2. The summed E-state index contributed by atoms with van der Waals surface area (Å²) >= 11 is 0. The van der Waals surface area contributed by atoms with Gasteiger partial charge in [-0.15, -0.1) is 0 Å². The Kier molecular flexibility index (Phi) is 8.31. The van der Waals surface area contributed by atoms with Crippen molar-refractivity contribution in [2.45, 2.75) is 6.42 Å². The van der Waals surface area contributed by atoms with Gasteiger partial charge in [-0.3, -0.25) is 4.79 Å². The van der Waals surface area contributed by atoms with Crippen LogP contribution in [0, 0.1) is 0 Å². The van der Waals surface area contributed by atoms with E-state index in [0.717, 1.165) is 11.1 Å². The second-order valence-electron chi connectivity index (χ2n) is 8.44. The first-order valence-electron chi connectivity index (χ1n) is 11.9. The molecule has 38 heavy (non-hydrogen) atoms. The highest BCUT2D eigenvalue weighted by molar-refractivity contribution is 6.09. The summed E-state index contributed by atoms with van der Waals surface area (Å²) in [4.78, 5) is 37.0. The van der Waals surface area contributed by atoms with Crippen LogP contribution in [0.5, 0.6) is 5.75 Å². The Morgan fingerprint density at radius 1 is 0.737 bits per heavy atom. The second kappa shape index (κ2) is 12.2. The molecule has 7 heteroatoms. The number of carbonyl (C=O) groups is 3. The topological polar surface area (TPSA) is 122 Å². The van der Waals surface area contributed by atoms with Crippen molar-refractivity contribution in [1.82, 2.24) is 0 Å². The van der Waals surface area contributed by atoms with Crippen molar-refractivity contribution in [1.29, 1.82) is 0 Å². The van der Waals surface area contributed by atoms with E-state index in [-0.39, 0.29) is 12.4 Å². The first kappa shape index (κ1) is 25.9. The fourth-order valence-corrected chi connectivity index (χ4v) is 3.64. The van der Waals surface area contributed by atoms with Gasteiger partial charge in [-0.2, -0.15) is 0 Å². The van der Waals surface area contributed by atoms with Crippen molar-refractivity contribution in [3.8, 4) is 5.75 Å². The molecule has 0 heterocycles. The summed E-state index contributed by atoms with van der Waals surface area (Å²) < 4.78 is 10.6. The van der Waals surface area contributed by atoms with Crippen LogP contribution in [0.25, 0.3) is 6.08 Å². The van der Waals surface area contributed by atoms with E-state index in [9.17, 15) is 14.4 Å². The van der Waals surface area contributed by atoms with Crippen LogP contribution in [0.15, 0.2) is 103 Å². The largest absolute Gasteiger partial charge is 0.462 e. The van der Waals surface area contributed by atoms with Crippen LogP contribution in [0.4, 0.5) is 11.4 Å². The van der Waals surface area contributed by atoms with Gasteiger partial charge in [-0.25, -0.2) is 9.59 Å². The lowest BCUT2D eigenvalue weighted by Gasteiger charge is -2.07. The van der Waals surface area contributed by atoms with Crippen molar-refractivity contribution in [2.75, 3.05) is 18.1 Å². The molecular formula is C31H26N2O5. The minimum Gasteiger partial charge on any atom is -0.462 e. The molecule has 0 amide bonds. The van der Waals surface area contributed by atoms with Crippen molar-refractivity contribution in [2.24, 2.45) is 0 Å². The highest BCUT2D eigenvalue weighted by atomic mass is 16.5. The number of benzene rings is 4. The van der Waals surface area contributed by atoms with E-state index in [4.69, 9.17) is 20.9 Å². The number of ether oxygens (including phenoxy) is 2. The zero-order valence-electron chi connectivity index (χ0n) is 20.5. The fraction of sp³-hybridized carbons (Fsp3) is 0.0645. The average molecular weight is 507 g/mol. The van der Waals surface area contributed by atoms with Crippen molar-refractivity contribution >= 4 is 35.2 Å². The third-order valence-corrected chi connectivity index (χ3v) is 5.71. The summed E-state index contributed by atoms with van der Waals surface area (Å²) in [6.45, 7) is 0.188. The van der Waals surface area contributed by atoms with Crippen molar-refractivity contribution < 1.29 is 23.9 Å². The normalized spacial score (nSPS) is 10.7. The number of esters is 2. The Labute approximate surface area is 220 Å². The first-order chi connectivity index (χ1) is 18.4. The molecule has 0 fully saturated rings. The molecule has 0 saturated carbocycles. The molecular weight excluding hydrogens is 480 g/mol. The number of carbonyl (C=O) groups excluding carboxylic acids is 3. The van der Waals surface area contributed by atoms with E-state index in [0.29, 0.717) is 40.2 Å². The molecule has 0 aliphatic rings. The Hall–Kier alpha value is -5.17. The summed E-state index contributed by atoms with van der Waals surface area (Å²) in [6, 6.07) is 27.1. The Bertz CT molecular complexity index is 1460. The van der Waals surface area contributed by atoms with E-state index in [1.54, 1.807) is 91.0 Å².